The summed E-state index contributed by atoms with van der Waals surface area (Å²) in [5.41, 5.74) is 3.76. The van der Waals surface area contributed by atoms with Crippen LogP contribution in [0.2, 0.25) is 0 Å². The topological polar surface area (TPSA) is 52.6 Å². The highest BCUT2D eigenvalue weighted by Crippen LogP contribution is 2.19. The predicted octanol–water partition coefficient (Wildman–Crippen LogP) is 5.06. The van der Waals surface area contributed by atoms with Gasteiger partial charge in [-0.05, 0) is 40.2 Å². The molecule has 0 saturated carbocycles. The molecule has 0 fully saturated rings. The highest BCUT2D eigenvalue weighted by Gasteiger charge is 2.19. The molecule has 5 heteroatoms. The highest BCUT2D eigenvalue weighted by molar-refractivity contribution is 6.29. The van der Waals surface area contributed by atoms with Crippen LogP contribution in [0.25, 0.3) is 0 Å². The molecule has 0 aliphatic carbocycles. The van der Waals surface area contributed by atoms with Gasteiger partial charge in [-0.1, -0.05) is 54.1 Å². The maximum absolute atomic E-state index is 11.1. The molecule has 0 aliphatic heterocycles. The molecule has 144 valence electrons. The van der Waals surface area contributed by atoms with E-state index in [-0.39, 0.29) is 12.6 Å². The number of hydrogen-bond acceptors (Lipinski definition) is 3. The van der Waals surface area contributed by atoms with Crippen LogP contribution in [-0.2, 0) is 11.3 Å². The minimum Gasteiger partial charge on any atom is -0.480 e. The van der Waals surface area contributed by atoms with Gasteiger partial charge in [0, 0.05) is 29.0 Å². The van der Waals surface area contributed by atoms with Crippen molar-refractivity contribution in [3.05, 3.63) is 71.1 Å². The summed E-state index contributed by atoms with van der Waals surface area (Å²) in [5, 5.41) is 13.0. The van der Waals surface area contributed by atoms with Gasteiger partial charge in [0.1, 0.15) is 6.54 Å². The second-order valence-electron chi connectivity index (χ2n) is 6.09. The number of halogens is 1. The van der Waals surface area contributed by atoms with Crippen molar-refractivity contribution in [2.24, 2.45) is 0 Å². The van der Waals surface area contributed by atoms with Crippen LogP contribution in [0.1, 0.15) is 38.8 Å². The molecule has 1 atom stereocenters. The molecule has 0 heterocycles. The Labute approximate surface area is 162 Å². The first-order valence-electron chi connectivity index (χ1n) is 8.51. The molecule has 26 heavy (non-hydrogen) atoms. The summed E-state index contributed by atoms with van der Waals surface area (Å²) in [7, 11) is 0. The van der Waals surface area contributed by atoms with Crippen LogP contribution >= 0.6 is 11.6 Å². The van der Waals surface area contributed by atoms with E-state index in [0.717, 1.165) is 0 Å². The van der Waals surface area contributed by atoms with E-state index in [1.807, 2.05) is 13.8 Å². The summed E-state index contributed by atoms with van der Waals surface area (Å²) in [6.07, 6.45) is 1.75. The monoisotopic (exact) mass is 378 g/mol. The van der Waals surface area contributed by atoms with E-state index in [1.165, 1.54) is 11.1 Å². The number of allylic oxidation sites excluding steroid dienone is 3. The Balaban J connectivity index is 0.00000194. The van der Waals surface area contributed by atoms with E-state index < -0.39 is 5.97 Å². The van der Waals surface area contributed by atoms with E-state index in [9.17, 15) is 4.79 Å². The smallest absolute Gasteiger partial charge is 0.323 e. The highest BCUT2D eigenvalue weighted by atomic mass is 35.5. The third-order valence-electron chi connectivity index (χ3n) is 3.78. The molecule has 1 aromatic carbocycles. The molecule has 0 bridgehead atoms. The maximum atomic E-state index is 11.1. The van der Waals surface area contributed by atoms with E-state index in [1.54, 1.807) is 24.8 Å². The molecule has 1 aromatic rings. The average Bonchev–Trinajstić information content (AvgIpc) is 2.58. The molecule has 4 nitrogen and oxygen atoms in total. The zero-order chi connectivity index (χ0) is 20.3. The van der Waals surface area contributed by atoms with Crippen molar-refractivity contribution in [2.75, 3.05) is 6.54 Å². The fraction of sp³-hybridized carbons (Fsp3) is 0.381. The second-order valence-corrected chi connectivity index (χ2v) is 6.65. The van der Waals surface area contributed by atoms with Crippen LogP contribution < -0.4 is 5.32 Å². The van der Waals surface area contributed by atoms with Gasteiger partial charge in [-0.3, -0.25) is 4.79 Å². The van der Waals surface area contributed by atoms with Crippen molar-refractivity contribution in [3.63, 3.8) is 0 Å². The summed E-state index contributed by atoms with van der Waals surface area (Å²) in [5.74, 6) is -0.922. The molecule has 1 unspecified atom stereocenters. The quantitative estimate of drug-likeness (QED) is 0.621. The van der Waals surface area contributed by atoms with Gasteiger partial charge in [0.15, 0.2) is 0 Å². The van der Waals surface area contributed by atoms with Gasteiger partial charge in [0.2, 0.25) is 0 Å². The van der Waals surface area contributed by atoms with Gasteiger partial charge in [0.25, 0.3) is 0 Å². The number of carbonyl (C=O) groups is 1. The minimum absolute atomic E-state index is 0.0818. The lowest BCUT2D eigenvalue weighted by atomic mass is 10.1. The first-order chi connectivity index (χ1) is 12.1. The number of nitrogens with zero attached hydrogens (tertiary/aromatic N) is 1. The summed E-state index contributed by atoms with van der Waals surface area (Å²) in [4.78, 5) is 12.7. The number of hydrogen-bond donors (Lipinski definition) is 2. The molecule has 2 N–H and O–H groups in total. The Morgan fingerprint density at radius 1 is 1.35 bits per heavy atom. The van der Waals surface area contributed by atoms with Gasteiger partial charge >= 0.3 is 5.97 Å². The maximum Gasteiger partial charge on any atom is 0.323 e. The Bertz CT molecular complexity index is 632. The van der Waals surface area contributed by atoms with E-state index in [2.05, 4.69) is 49.7 Å². The minimum atomic E-state index is -0.922. The number of benzene rings is 1. The zero-order valence-electron chi connectivity index (χ0n) is 16.5. The van der Waals surface area contributed by atoms with Crippen LogP contribution in [0, 0.1) is 6.92 Å². The largest absolute Gasteiger partial charge is 0.480 e. The molecule has 0 aliphatic rings. The molecule has 0 aromatic heterocycles. The number of rotatable bonds is 8. The van der Waals surface area contributed by atoms with Crippen LogP contribution in [0.15, 0.2) is 59.9 Å². The molecule has 0 saturated heterocycles. The van der Waals surface area contributed by atoms with Crippen molar-refractivity contribution >= 4 is 17.6 Å². The predicted molar refractivity (Wildman–Crippen MR) is 111 cm³/mol. The van der Waals surface area contributed by atoms with Crippen molar-refractivity contribution < 1.29 is 9.90 Å². The van der Waals surface area contributed by atoms with Gasteiger partial charge < -0.3 is 15.3 Å². The Kier molecular flexibility index (Phi) is 11.4. The van der Waals surface area contributed by atoms with E-state index in [0.29, 0.717) is 23.0 Å². The number of aryl methyl sites for hydroxylation is 1. The molecule has 0 radical (unpaired) electrons. The second kappa shape index (κ2) is 12.3. The average molecular weight is 379 g/mol. The van der Waals surface area contributed by atoms with Crippen molar-refractivity contribution in [3.8, 4) is 0 Å². The summed E-state index contributed by atoms with van der Waals surface area (Å²) >= 11 is 6.03. The third kappa shape index (κ3) is 8.88. The number of aliphatic carboxylic acids is 1. The first-order valence-corrected chi connectivity index (χ1v) is 8.88. The normalized spacial score (nSPS) is 12.2. The van der Waals surface area contributed by atoms with Gasteiger partial charge in [-0.2, -0.15) is 0 Å². The fourth-order valence-corrected chi connectivity index (χ4v) is 2.19. The van der Waals surface area contributed by atoms with Crippen molar-refractivity contribution in [1.29, 1.82) is 0 Å². The van der Waals surface area contributed by atoms with Crippen LogP contribution in [0.3, 0.4) is 0 Å². The molecular weight excluding hydrogens is 348 g/mol. The Hall–Kier alpha value is -2.04. The van der Waals surface area contributed by atoms with Crippen molar-refractivity contribution in [1.82, 2.24) is 10.2 Å². The number of carboxylic acid groups (broad SMARTS) is 1. The summed E-state index contributed by atoms with van der Waals surface area (Å²) in [6, 6.07) is 8.19. The van der Waals surface area contributed by atoms with Crippen LogP contribution in [-0.4, -0.2) is 28.6 Å². The van der Waals surface area contributed by atoms with E-state index >= 15 is 0 Å². The van der Waals surface area contributed by atoms with Gasteiger partial charge in [-0.25, -0.2) is 0 Å². The number of carboxylic acids is 1. The first kappa shape index (κ1) is 24.0. The molecule has 1 rings (SSSR count). The lowest BCUT2D eigenvalue weighted by Gasteiger charge is -2.30. The zero-order valence-corrected chi connectivity index (χ0v) is 17.2. The van der Waals surface area contributed by atoms with Gasteiger partial charge in [-0.15, -0.1) is 6.58 Å². The Morgan fingerprint density at radius 2 is 1.85 bits per heavy atom. The SMILES string of the molecule is C=C(C(C)NCc1ccc(C)cc1)N(CC(=O)O)/C(C)=C(\C)Cl.C=CC. The summed E-state index contributed by atoms with van der Waals surface area (Å²) < 4.78 is 0. The van der Waals surface area contributed by atoms with Crippen molar-refractivity contribution in [2.45, 2.75) is 47.2 Å². The number of nitrogens with one attached hydrogen (secondary N) is 1. The lowest BCUT2D eigenvalue weighted by Crippen LogP contribution is -2.38. The molecular formula is C21H31ClN2O2. The summed E-state index contributed by atoms with van der Waals surface area (Å²) in [6.45, 7) is 17.4. The standard InChI is InChI=1S/C18H25ClN2O2.C3H6/c1-12-6-8-17(9-7-12)10-20-14(3)16(5)21(11-18(22)23)15(4)13(2)19;1-3-2/h6-9,14,20H,5,10-11H2,1-4H3,(H,22,23);3H,1H2,2H3/b15-13+;. The lowest BCUT2D eigenvalue weighted by molar-refractivity contribution is -0.137. The van der Waals surface area contributed by atoms with Gasteiger partial charge in [0.05, 0.1) is 0 Å². The van der Waals surface area contributed by atoms with Crippen LogP contribution in [0.4, 0.5) is 0 Å². The molecule has 0 amide bonds. The fourth-order valence-electron chi connectivity index (χ4n) is 2.09. The third-order valence-corrected chi connectivity index (χ3v) is 4.05. The molecule has 0 spiro atoms. The van der Waals surface area contributed by atoms with Crippen LogP contribution in [0.5, 0.6) is 0 Å². The van der Waals surface area contributed by atoms with E-state index in [4.69, 9.17) is 16.7 Å². The Morgan fingerprint density at radius 3 is 2.27 bits per heavy atom.